The molecule has 2 saturated heterocycles. The quantitative estimate of drug-likeness (QED) is 0.564. The minimum Gasteiger partial charge on any atom is -0.464 e. The molecule has 2 aliphatic rings. The molecule has 4 atom stereocenters. The fourth-order valence-corrected chi connectivity index (χ4v) is 2.15. The van der Waals surface area contributed by atoms with Crippen LogP contribution in [0.4, 0.5) is 4.79 Å². The highest BCUT2D eigenvalue weighted by Crippen LogP contribution is 2.38. The average molecular weight is 276 g/mol. The average Bonchev–Trinajstić information content (AvgIpc) is 2.78. The summed E-state index contributed by atoms with van der Waals surface area (Å²) in [6, 6.07) is 0. The van der Waals surface area contributed by atoms with Gasteiger partial charge in [-0.15, -0.1) is 0 Å². The van der Waals surface area contributed by atoms with Gasteiger partial charge in [-0.3, -0.25) is 10.2 Å². The number of ether oxygens (including phenoxy) is 4. The summed E-state index contributed by atoms with van der Waals surface area (Å²) < 4.78 is 21.6. The fraction of sp³-hybridized carbons (Fsp3) is 0.800. The molecule has 9 heteroatoms. The molecule has 9 nitrogen and oxygen atoms in total. The zero-order valence-electron chi connectivity index (χ0n) is 10.7. The van der Waals surface area contributed by atoms with Crippen molar-refractivity contribution in [2.45, 2.75) is 44.2 Å². The molecule has 0 saturated carbocycles. The van der Waals surface area contributed by atoms with Gasteiger partial charge in [0.25, 0.3) is 5.91 Å². The Bertz CT molecular complexity index is 386. The molecular formula is C10H16N2O7. The molecule has 0 radical (unpaired) electrons. The van der Waals surface area contributed by atoms with E-state index in [2.05, 4.69) is 0 Å². The number of carbonyl (C=O) groups is 2. The maximum atomic E-state index is 11.8. The van der Waals surface area contributed by atoms with E-state index in [0.717, 1.165) is 0 Å². The van der Waals surface area contributed by atoms with Crippen LogP contribution in [0.5, 0.6) is 0 Å². The Morgan fingerprint density at radius 3 is 2.42 bits per heavy atom. The molecule has 0 unspecified atom stereocenters. The second-order valence-electron chi connectivity index (χ2n) is 4.64. The Kier molecular flexibility index (Phi) is 3.63. The van der Waals surface area contributed by atoms with Gasteiger partial charge < -0.3 is 24.1 Å². The Labute approximate surface area is 109 Å². The second-order valence-corrected chi connectivity index (χ2v) is 4.64. The minimum absolute atomic E-state index is 0.541. The Morgan fingerprint density at radius 2 is 1.84 bits per heavy atom. The minimum atomic E-state index is -1.38. The number of methoxy groups -OCH3 is 1. The molecule has 2 amide bonds. The zero-order valence-corrected chi connectivity index (χ0v) is 10.7. The Balaban J connectivity index is 2.05. The molecule has 2 fully saturated rings. The number of amides is 2. The lowest BCUT2D eigenvalue weighted by Crippen LogP contribution is -2.49. The van der Waals surface area contributed by atoms with Crippen molar-refractivity contribution >= 4 is 12.0 Å². The summed E-state index contributed by atoms with van der Waals surface area (Å²) in [6.45, 7) is 3.42. The SMILES string of the molecule is CO[C@@H]1O[C@H](C(=O)NNC(=O)O)[C@H]2OC(C)(C)O[C@@H]12. The van der Waals surface area contributed by atoms with Crippen LogP contribution in [0.15, 0.2) is 0 Å². The van der Waals surface area contributed by atoms with E-state index in [9.17, 15) is 9.59 Å². The number of carboxylic acid groups (broad SMARTS) is 1. The predicted octanol–water partition coefficient (Wildman–Crippen LogP) is -0.823. The van der Waals surface area contributed by atoms with Crippen LogP contribution in [-0.2, 0) is 23.7 Å². The van der Waals surface area contributed by atoms with Gasteiger partial charge in [0.1, 0.15) is 12.2 Å². The highest BCUT2D eigenvalue weighted by molar-refractivity contribution is 5.83. The number of fused-ring (bicyclic) bond motifs is 1. The topological polar surface area (TPSA) is 115 Å². The molecule has 2 aliphatic heterocycles. The van der Waals surface area contributed by atoms with Gasteiger partial charge in [-0.2, -0.15) is 0 Å². The number of carbonyl (C=O) groups excluding carboxylic acids is 1. The number of hydrogen-bond acceptors (Lipinski definition) is 6. The summed E-state index contributed by atoms with van der Waals surface area (Å²) in [4.78, 5) is 22.1. The van der Waals surface area contributed by atoms with Crippen LogP contribution in [0.3, 0.4) is 0 Å². The van der Waals surface area contributed by atoms with Crippen molar-refractivity contribution in [1.82, 2.24) is 10.9 Å². The Hall–Kier alpha value is -1.42. The van der Waals surface area contributed by atoms with Crippen molar-refractivity contribution in [1.29, 1.82) is 0 Å². The molecule has 2 heterocycles. The van der Waals surface area contributed by atoms with Crippen LogP contribution in [0.25, 0.3) is 0 Å². The van der Waals surface area contributed by atoms with Crippen LogP contribution in [-0.4, -0.2) is 54.6 Å². The molecule has 2 rings (SSSR count). The second kappa shape index (κ2) is 4.93. The molecule has 19 heavy (non-hydrogen) atoms. The normalized spacial score (nSPS) is 35.7. The van der Waals surface area contributed by atoms with Crippen LogP contribution in [0.2, 0.25) is 0 Å². The molecule has 0 bridgehead atoms. The molecule has 0 aromatic heterocycles. The molecule has 0 spiro atoms. The van der Waals surface area contributed by atoms with E-state index in [0.29, 0.717) is 0 Å². The molecule has 3 N–H and O–H groups in total. The van der Waals surface area contributed by atoms with Crippen LogP contribution in [0.1, 0.15) is 13.8 Å². The van der Waals surface area contributed by atoms with E-state index in [1.165, 1.54) is 7.11 Å². The first-order valence-electron chi connectivity index (χ1n) is 5.67. The number of hydrogen-bond donors (Lipinski definition) is 3. The lowest BCUT2D eigenvalue weighted by Gasteiger charge is -2.23. The lowest BCUT2D eigenvalue weighted by molar-refractivity contribution is -0.226. The third-order valence-electron chi connectivity index (χ3n) is 2.79. The van der Waals surface area contributed by atoms with E-state index in [4.69, 9.17) is 24.1 Å². The third-order valence-corrected chi connectivity index (χ3v) is 2.79. The van der Waals surface area contributed by atoms with Crippen LogP contribution < -0.4 is 10.9 Å². The molecule has 0 aliphatic carbocycles. The highest BCUT2D eigenvalue weighted by Gasteiger charge is 2.57. The summed E-state index contributed by atoms with van der Waals surface area (Å²) in [5, 5.41) is 8.43. The van der Waals surface area contributed by atoms with Crippen LogP contribution in [0, 0.1) is 0 Å². The van der Waals surface area contributed by atoms with Gasteiger partial charge in [-0.1, -0.05) is 0 Å². The standard InChI is InChI=1S/C10H16N2O7/c1-10(2)18-4-5(7(13)11-12-9(14)15)17-8(16-3)6(4)19-10/h4-6,8,12H,1-3H3,(H,11,13)(H,14,15)/t4-,5+,6-,8-/m1/s1. The van der Waals surface area contributed by atoms with E-state index in [-0.39, 0.29) is 0 Å². The van der Waals surface area contributed by atoms with Crippen molar-refractivity contribution in [2.75, 3.05) is 7.11 Å². The predicted molar refractivity (Wildman–Crippen MR) is 58.8 cm³/mol. The van der Waals surface area contributed by atoms with Crippen molar-refractivity contribution in [3.63, 3.8) is 0 Å². The summed E-state index contributed by atoms with van der Waals surface area (Å²) >= 11 is 0. The smallest absolute Gasteiger partial charge is 0.423 e. The number of hydrazine groups is 1. The van der Waals surface area contributed by atoms with Crippen molar-refractivity contribution in [3.05, 3.63) is 0 Å². The summed E-state index contributed by atoms with van der Waals surface area (Å²) in [5.74, 6) is -1.52. The summed E-state index contributed by atoms with van der Waals surface area (Å²) in [6.07, 6.45) is -4.33. The zero-order chi connectivity index (χ0) is 14.2. The summed E-state index contributed by atoms with van der Waals surface area (Å²) in [5.41, 5.74) is 3.76. The van der Waals surface area contributed by atoms with Gasteiger partial charge in [-0.05, 0) is 13.8 Å². The lowest BCUT2D eigenvalue weighted by atomic mass is 10.1. The van der Waals surface area contributed by atoms with Crippen LogP contribution >= 0.6 is 0 Å². The van der Waals surface area contributed by atoms with Gasteiger partial charge in [0, 0.05) is 7.11 Å². The maximum absolute atomic E-state index is 11.8. The maximum Gasteiger partial charge on any atom is 0.423 e. The third kappa shape index (κ3) is 2.78. The van der Waals surface area contributed by atoms with Gasteiger partial charge in [0.05, 0.1) is 0 Å². The number of nitrogens with one attached hydrogen (secondary N) is 2. The molecule has 108 valence electrons. The molecule has 0 aromatic rings. The summed E-state index contributed by atoms with van der Waals surface area (Å²) in [7, 11) is 1.42. The molecule has 0 aromatic carbocycles. The van der Waals surface area contributed by atoms with Crippen molar-refractivity contribution < 1.29 is 33.6 Å². The van der Waals surface area contributed by atoms with Gasteiger partial charge in [-0.25, -0.2) is 10.2 Å². The van der Waals surface area contributed by atoms with E-state index in [1.807, 2.05) is 5.43 Å². The van der Waals surface area contributed by atoms with Crippen molar-refractivity contribution in [2.24, 2.45) is 0 Å². The first-order valence-corrected chi connectivity index (χ1v) is 5.67. The molecular weight excluding hydrogens is 260 g/mol. The fourth-order valence-electron chi connectivity index (χ4n) is 2.15. The van der Waals surface area contributed by atoms with Gasteiger partial charge in [0.2, 0.25) is 0 Å². The number of rotatable bonds is 2. The highest BCUT2D eigenvalue weighted by atomic mass is 16.8. The van der Waals surface area contributed by atoms with E-state index in [1.54, 1.807) is 19.3 Å². The van der Waals surface area contributed by atoms with E-state index < -0.39 is 42.4 Å². The largest absolute Gasteiger partial charge is 0.464 e. The monoisotopic (exact) mass is 276 g/mol. The van der Waals surface area contributed by atoms with Crippen molar-refractivity contribution in [3.8, 4) is 0 Å². The first-order chi connectivity index (χ1) is 8.84. The first kappa shape index (κ1) is 14.0. The Morgan fingerprint density at radius 1 is 1.21 bits per heavy atom. The van der Waals surface area contributed by atoms with Gasteiger partial charge in [0.15, 0.2) is 18.2 Å². The van der Waals surface area contributed by atoms with E-state index >= 15 is 0 Å². The van der Waals surface area contributed by atoms with Gasteiger partial charge >= 0.3 is 6.09 Å².